The number of thiophene rings is 1. The summed E-state index contributed by atoms with van der Waals surface area (Å²) < 4.78 is 0.673. The van der Waals surface area contributed by atoms with Crippen LogP contribution < -0.4 is 10.6 Å². The number of urea groups is 1. The summed E-state index contributed by atoms with van der Waals surface area (Å²) >= 11 is 4.06. The third-order valence-electron chi connectivity index (χ3n) is 3.41. The molecule has 0 aliphatic carbocycles. The van der Waals surface area contributed by atoms with Gasteiger partial charge in [-0.3, -0.25) is 15.4 Å². The molecule has 24 heavy (non-hydrogen) atoms. The van der Waals surface area contributed by atoms with Crippen LogP contribution in [0.2, 0.25) is 0 Å². The molecule has 2 N–H and O–H groups in total. The number of amides is 3. The summed E-state index contributed by atoms with van der Waals surface area (Å²) in [6.07, 6.45) is 3.38. The van der Waals surface area contributed by atoms with Gasteiger partial charge in [0, 0.05) is 13.1 Å². The fraction of sp³-hybridized carbons (Fsp3) is 0.429. The predicted octanol–water partition coefficient (Wildman–Crippen LogP) is 3.35. The van der Waals surface area contributed by atoms with Gasteiger partial charge in [-0.05, 0) is 36.8 Å². The van der Waals surface area contributed by atoms with Gasteiger partial charge in [-0.25, -0.2) is 4.79 Å². The quantitative estimate of drug-likeness (QED) is 0.611. The number of hydrogen-bond donors (Lipinski definition) is 2. The topological polar surface area (TPSA) is 87.2 Å². The zero-order valence-corrected chi connectivity index (χ0v) is 15.3. The zero-order valence-electron chi connectivity index (χ0n) is 12.9. The predicted molar refractivity (Wildman–Crippen MR) is 98.0 cm³/mol. The summed E-state index contributed by atoms with van der Waals surface area (Å²) in [5, 5.41) is 16.4. The van der Waals surface area contributed by atoms with E-state index in [4.69, 9.17) is 0 Å². The number of carbonyl (C=O) groups is 2. The van der Waals surface area contributed by atoms with Gasteiger partial charge in [-0.15, -0.1) is 21.5 Å². The van der Waals surface area contributed by atoms with Crippen molar-refractivity contribution in [3.05, 3.63) is 17.5 Å². The molecule has 128 valence electrons. The van der Waals surface area contributed by atoms with E-state index in [0.717, 1.165) is 30.9 Å². The number of anilines is 2. The van der Waals surface area contributed by atoms with E-state index in [1.165, 1.54) is 40.9 Å². The van der Waals surface area contributed by atoms with Gasteiger partial charge in [-0.1, -0.05) is 23.1 Å². The van der Waals surface area contributed by atoms with Crippen LogP contribution in [-0.2, 0) is 4.79 Å². The summed E-state index contributed by atoms with van der Waals surface area (Å²) in [6.45, 7) is 1.70. The minimum absolute atomic E-state index is 0.139. The van der Waals surface area contributed by atoms with Gasteiger partial charge in [0.05, 0.1) is 10.8 Å². The van der Waals surface area contributed by atoms with Crippen LogP contribution in [0.3, 0.4) is 0 Å². The highest BCUT2D eigenvalue weighted by atomic mass is 32.2. The minimum atomic E-state index is -0.352. The fourth-order valence-corrected chi connectivity index (χ4v) is 4.53. The van der Waals surface area contributed by atoms with Crippen LogP contribution in [0.15, 0.2) is 21.9 Å². The van der Waals surface area contributed by atoms with Crippen LogP contribution in [0.25, 0.3) is 0 Å². The summed E-state index contributed by atoms with van der Waals surface area (Å²) in [4.78, 5) is 25.8. The molecule has 0 unspecified atom stereocenters. The standard InChI is InChI=1S/C14H17N5O2S3/c20-11(19-6-2-1-3-7-19)9-23-14-18-17-13(24-14)16-12(21)15-10-5-4-8-22-10/h4-5,8H,1-3,6-7,9H2,(H2,15,16,17,21). The molecule has 3 rings (SSSR count). The molecule has 7 nitrogen and oxygen atoms in total. The van der Waals surface area contributed by atoms with Crippen molar-refractivity contribution in [2.75, 3.05) is 29.5 Å². The smallest absolute Gasteiger partial charge is 0.326 e. The SMILES string of the molecule is O=C(Nc1cccs1)Nc1nnc(SCC(=O)N2CCCCC2)s1. The van der Waals surface area contributed by atoms with E-state index in [-0.39, 0.29) is 11.9 Å². The molecule has 1 aliphatic rings. The van der Waals surface area contributed by atoms with Crippen molar-refractivity contribution in [1.29, 1.82) is 0 Å². The summed E-state index contributed by atoms with van der Waals surface area (Å²) in [6, 6.07) is 3.33. The number of thioether (sulfide) groups is 1. The van der Waals surface area contributed by atoms with E-state index in [1.807, 2.05) is 22.4 Å². The molecule has 1 aliphatic heterocycles. The van der Waals surface area contributed by atoms with Gasteiger partial charge in [0.25, 0.3) is 0 Å². The van der Waals surface area contributed by atoms with Crippen molar-refractivity contribution in [3.8, 4) is 0 Å². The first-order valence-corrected chi connectivity index (χ1v) is 10.2. The number of hydrogen-bond acceptors (Lipinski definition) is 7. The molecular formula is C14H17N5O2S3. The second kappa shape index (κ2) is 8.45. The molecule has 2 aromatic rings. The monoisotopic (exact) mass is 383 g/mol. The molecule has 0 aromatic carbocycles. The first-order chi connectivity index (χ1) is 11.7. The lowest BCUT2D eigenvalue weighted by molar-refractivity contribution is -0.129. The molecule has 3 amide bonds. The maximum absolute atomic E-state index is 12.1. The molecular weight excluding hydrogens is 366 g/mol. The van der Waals surface area contributed by atoms with E-state index in [1.54, 1.807) is 0 Å². The van der Waals surface area contributed by atoms with E-state index in [2.05, 4.69) is 20.8 Å². The average Bonchev–Trinajstić information content (AvgIpc) is 3.25. The van der Waals surface area contributed by atoms with Gasteiger partial charge in [0.15, 0.2) is 4.34 Å². The van der Waals surface area contributed by atoms with Crippen LogP contribution in [0.1, 0.15) is 19.3 Å². The summed E-state index contributed by atoms with van der Waals surface area (Å²) in [7, 11) is 0. The summed E-state index contributed by atoms with van der Waals surface area (Å²) in [5.41, 5.74) is 0. The van der Waals surface area contributed by atoms with Crippen molar-refractivity contribution < 1.29 is 9.59 Å². The normalized spacial score (nSPS) is 14.4. The molecule has 1 fully saturated rings. The Morgan fingerprint density at radius 1 is 1.21 bits per heavy atom. The third kappa shape index (κ3) is 4.92. The lowest BCUT2D eigenvalue weighted by atomic mass is 10.1. The van der Waals surface area contributed by atoms with Crippen LogP contribution in [0.4, 0.5) is 14.9 Å². The summed E-state index contributed by atoms with van der Waals surface area (Å²) in [5.74, 6) is 0.496. The first kappa shape index (κ1) is 17.2. The molecule has 3 heterocycles. The van der Waals surface area contributed by atoms with Gasteiger partial charge in [0.1, 0.15) is 0 Å². The Balaban J connectivity index is 1.44. The van der Waals surface area contributed by atoms with Crippen LogP contribution in [0.5, 0.6) is 0 Å². The first-order valence-electron chi connectivity index (χ1n) is 7.56. The van der Waals surface area contributed by atoms with E-state index in [9.17, 15) is 9.59 Å². The Hall–Kier alpha value is -1.65. The van der Waals surface area contributed by atoms with Crippen LogP contribution in [-0.4, -0.2) is 45.9 Å². The van der Waals surface area contributed by atoms with Crippen LogP contribution in [0, 0.1) is 0 Å². The number of aromatic nitrogens is 2. The molecule has 0 bridgehead atoms. The van der Waals surface area contributed by atoms with E-state index < -0.39 is 0 Å². The number of nitrogens with one attached hydrogen (secondary N) is 2. The number of piperidine rings is 1. The van der Waals surface area contributed by atoms with Gasteiger partial charge >= 0.3 is 6.03 Å². The van der Waals surface area contributed by atoms with Crippen molar-refractivity contribution in [3.63, 3.8) is 0 Å². The van der Waals surface area contributed by atoms with E-state index >= 15 is 0 Å². The number of likely N-dealkylation sites (tertiary alicyclic amines) is 1. The second-order valence-corrected chi connectivity index (χ2v) is 8.31. The molecule has 0 spiro atoms. The lowest BCUT2D eigenvalue weighted by Crippen LogP contribution is -2.36. The highest BCUT2D eigenvalue weighted by molar-refractivity contribution is 8.01. The van der Waals surface area contributed by atoms with Gasteiger partial charge in [-0.2, -0.15) is 0 Å². The Labute approximate surface area is 151 Å². The molecule has 10 heteroatoms. The van der Waals surface area contributed by atoms with Crippen molar-refractivity contribution in [2.45, 2.75) is 23.6 Å². The number of nitrogens with zero attached hydrogens (tertiary/aromatic N) is 3. The maximum atomic E-state index is 12.1. The lowest BCUT2D eigenvalue weighted by Gasteiger charge is -2.26. The third-order valence-corrected chi connectivity index (χ3v) is 6.15. The zero-order chi connectivity index (χ0) is 16.8. The molecule has 0 radical (unpaired) electrons. The molecule has 2 aromatic heterocycles. The highest BCUT2D eigenvalue weighted by Crippen LogP contribution is 2.26. The minimum Gasteiger partial charge on any atom is -0.342 e. The molecule has 0 atom stereocenters. The molecule has 1 saturated heterocycles. The Kier molecular flexibility index (Phi) is 6.05. The number of rotatable bonds is 5. The van der Waals surface area contributed by atoms with Crippen molar-refractivity contribution in [2.24, 2.45) is 0 Å². The Morgan fingerprint density at radius 3 is 2.79 bits per heavy atom. The van der Waals surface area contributed by atoms with Crippen molar-refractivity contribution >= 4 is 56.5 Å². The van der Waals surface area contributed by atoms with Crippen LogP contribution >= 0.6 is 34.4 Å². The van der Waals surface area contributed by atoms with Gasteiger partial charge < -0.3 is 4.90 Å². The second-order valence-electron chi connectivity index (χ2n) is 5.16. The highest BCUT2D eigenvalue weighted by Gasteiger charge is 2.17. The molecule has 0 saturated carbocycles. The average molecular weight is 384 g/mol. The van der Waals surface area contributed by atoms with Gasteiger partial charge in [0.2, 0.25) is 11.0 Å². The van der Waals surface area contributed by atoms with Crippen molar-refractivity contribution in [1.82, 2.24) is 15.1 Å². The fourth-order valence-electron chi connectivity index (χ4n) is 2.27. The maximum Gasteiger partial charge on any atom is 0.326 e. The van der Waals surface area contributed by atoms with E-state index in [0.29, 0.717) is 15.2 Å². The number of carbonyl (C=O) groups excluding carboxylic acids is 2. The Morgan fingerprint density at radius 2 is 2.04 bits per heavy atom. The Bertz CT molecular complexity index is 682. The largest absolute Gasteiger partial charge is 0.342 e.